The van der Waals surface area contributed by atoms with Crippen LogP contribution in [-0.4, -0.2) is 25.2 Å². The second kappa shape index (κ2) is 6.90. The normalized spacial score (nSPS) is 47.3. The minimum absolute atomic E-state index is 0.115. The monoisotopic (exact) mass is 374 g/mol. The molecular weight excluding hydrogens is 334 g/mol. The Morgan fingerprint density at radius 1 is 1.19 bits per heavy atom. The highest BCUT2D eigenvalue weighted by Gasteiger charge is 2.59. The number of carbonyl (C=O) groups is 1. The fourth-order valence-corrected chi connectivity index (χ4v) is 8.10. The van der Waals surface area contributed by atoms with Gasteiger partial charge >= 0.3 is 5.97 Å². The number of allylic oxidation sites excluding steroid dienone is 1. The Morgan fingerprint density at radius 2 is 1.96 bits per heavy atom. The van der Waals surface area contributed by atoms with E-state index in [0.29, 0.717) is 10.8 Å². The van der Waals surface area contributed by atoms with Crippen LogP contribution in [0.3, 0.4) is 0 Å². The third-order valence-corrected chi connectivity index (χ3v) is 9.63. The Bertz CT molecular complexity index is 628. The summed E-state index contributed by atoms with van der Waals surface area (Å²) in [6, 6.07) is 0.751. The summed E-state index contributed by atoms with van der Waals surface area (Å²) in [5, 5.41) is 2.45. The predicted octanol–water partition coefficient (Wildman–Crippen LogP) is 4.08. The fourth-order valence-electron chi connectivity index (χ4n) is 8.10. The summed E-state index contributed by atoms with van der Waals surface area (Å²) in [7, 11) is 2.26. The zero-order valence-electron chi connectivity index (χ0n) is 18.1. The molecule has 0 unspecified atom stereocenters. The largest absolute Gasteiger partial charge is 0.462 e. The minimum atomic E-state index is -0.120. The molecule has 3 saturated carbocycles. The molecular formula is C24H40NO2+. The Kier molecular flexibility index (Phi) is 4.98. The fraction of sp³-hybridized carbons (Fsp3) is 0.875. The first-order valence-corrected chi connectivity index (χ1v) is 11.5. The molecule has 0 spiro atoms. The Hall–Kier alpha value is -0.830. The van der Waals surface area contributed by atoms with Crippen molar-refractivity contribution in [2.24, 2.45) is 34.5 Å². The summed E-state index contributed by atoms with van der Waals surface area (Å²) < 4.78 is 5.58. The number of carbonyl (C=O) groups excluding carboxylic acids is 1. The number of nitrogens with two attached hydrogens (primary N) is 1. The van der Waals surface area contributed by atoms with Crippen LogP contribution in [-0.2, 0) is 9.53 Å². The zero-order valence-corrected chi connectivity index (χ0v) is 18.1. The van der Waals surface area contributed by atoms with Crippen molar-refractivity contribution in [1.29, 1.82) is 0 Å². The lowest BCUT2D eigenvalue weighted by Crippen LogP contribution is -2.87. The van der Waals surface area contributed by atoms with E-state index < -0.39 is 0 Å². The van der Waals surface area contributed by atoms with Crippen LogP contribution >= 0.6 is 0 Å². The van der Waals surface area contributed by atoms with Gasteiger partial charge in [-0.15, -0.1) is 0 Å². The maximum Gasteiger partial charge on any atom is 0.302 e. The van der Waals surface area contributed by atoms with Crippen molar-refractivity contribution < 1.29 is 14.8 Å². The number of ether oxygens (including phenoxy) is 1. The molecule has 8 atom stereocenters. The molecule has 152 valence electrons. The molecule has 0 saturated heterocycles. The van der Waals surface area contributed by atoms with Crippen molar-refractivity contribution in [3.05, 3.63) is 11.6 Å². The molecule has 3 fully saturated rings. The third kappa shape index (κ3) is 2.99. The van der Waals surface area contributed by atoms with E-state index in [2.05, 4.69) is 39.2 Å². The van der Waals surface area contributed by atoms with Crippen molar-refractivity contribution in [2.45, 2.75) is 91.2 Å². The van der Waals surface area contributed by atoms with Crippen LogP contribution in [0.25, 0.3) is 0 Å². The molecule has 0 aliphatic heterocycles. The van der Waals surface area contributed by atoms with Gasteiger partial charge in [0.15, 0.2) is 0 Å². The maximum atomic E-state index is 11.4. The van der Waals surface area contributed by atoms with E-state index in [4.69, 9.17) is 4.74 Å². The first-order chi connectivity index (χ1) is 12.8. The van der Waals surface area contributed by atoms with Gasteiger partial charge < -0.3 is 10.1 Å². The summed E-state index contributed by atoms with van der Waals surface area (Å²) in [5.74, 6) is 3.38. The van der Waals surface area contributed by atoms with Crippen molar-refractivity contribution >= 4 is 5.97 Å². The Morgan fingerprint density at radius 3 is 2.67 bits per heavy atom. The van der Waals surface area contributed by atoms with E-state index in [0.717, 1.165) is 42.6 Å². The number of hydrogen-bond donors (Lipinski definition) is 1. The van der Waals surface area contributed by atoms with Crippen molar-refractivity contribution in [3.8, 4) is 0 Å². The summed E-state index contributed by atoms with van der Waals surface area (Å²) in [4.78, 5) is 11.4. The number of quaternary nitrogens is 1. The van der Waals surface area contributed by atoms with Gasteiger partial charge in [0.1, 0.15) is 6.10 Å². The van der Waals surface area contributed by atoms with Gasteiger partial charge in [0.2, 0.25) is 0 Å². The topological polar surface area (TPSA) is 42.9 Å². The Balaban J connectivity index is 1.56. The number of esters is 1. The average molecular weight is 375 g/mol. The second-order valence-corrected chi connectivity index (χ2v) is 10.7. The lowest BCUT2D eigenvalue weighted by Gasteiger charge is -2.58. The molecule has 4 aliphatic rings. The number of fused-ring (bicyclic) bond motifs is 5. The van der Waals surface area contributed by atoms with Crippen molar-refractivity contribution in [1.82, 2.24) is 0 Å². The maximum absolute atomic E-state index is 11.4. The zero-order chi connectivity index (χ0) is 19.4. The lowest BCUT2D eigenvalue weighted by atomic mass is 9.47. The van der Waals surface area contributed by atoms with Gasteiger partial charge in [-0.2, -0.15) is 0 Å². The van der Waals surface area contributed by atoms with E-state index in [1.165, 1.54) is 38.5 Å². The first kappa shape index (κ1) is 19.5. The van der Waals surface area contributed by atoms with Crippen molar-refractivity contribution in [2.75, 3.05) is 7.05 Å². The van der Waals surface area contributed by atoms with Crippen LogP contribution in [0.15, 0.2) is 11.6 Å². The first-order valence-electron chi connectivity index (χ1n) is 11.5. The molecule has 3 nitrogen and oxygen atoms in total. The smallest absolute Gasteiger partial charge is 0.302 e. The summed E-state index contributed by atoms with van der Waals surface area (Å²) in [5.41, 5.74) is 2.50. The van der Waals surface area contributed by atoms with Gasteiger partial charge in [0, 0.05) is 19.3 Å². The van der Waals surface area contributed by atoms with Gasteiger partial charge in [-0.3, -0.25) is 4.79 Å². The highest BCUT2D eigenvalue weighted by Crippen LogP contribution is 2.66. The van der Waals surface area contributed by atoms with Crippen LogP contribution < -0.4 is 5.32 Å². The molecule has 0 bridgehead atoms. The molecule has 0 aromatic rings. The van der Waals surface area contributed by atoms with E-state index in [9.17, 15) is 4.79 Å². The molecule has 0 heterocycles. The molecule has 0 radical (unpaired) electrons. The van der Waals surface area contributed by atoms with E-state index in [1.807, 2.05) is 0 Å². The average Bonchev–Trinajstić information content (AvgIpc) is 2.98. The predicted molar refractivity (Wildman–Crippen MR) is 108 cm³/mol. The van der Waals surface area contributed by atoms with Gasteiger partial charge in [-0.1, -0.05) is 25.5 Å². The van der Waals surface area contributed by atoms with Gasteiger partial charge in [0.05, 0.1) is 13.1 Å². The molecule has 3 heteroatoms. The van der Waals surface area contributed by atoms with Crippen LogP contribution in [0.2, 0.25) is 0 Å². The van der Waals surface area contributed by atoms with Gasteiger partial charge in [-0.25, -0.2) is 0 Å². The summed E-state index contributed by atoms with van der Waals surface area (Å²) in [6.07, 6.45) is 12.9. The van der Waals surface area contributed by atoms with Crippen molar-refractivity contribution in [3.63, 3.8) is 0 Å². The summed E-state index contributed by atoms with van der Waals surface area (Å²) >= 11 is 0. The Labute approximate surface area is 165 Å². The molecule has 0 amide bonds. The molecule has 0 aromatic heterocycles. The van der Waals surface area contributed by atoms with Crippen LogP contribution in [0.4, 0.5) is 0 Å². The highest BCUT2D eigenvalue weighted by molar-refractivity contribution is 5.66. The van der Waals surface area contributed by atoms with Crippen LogP contribution in [0, 0.1) is 34.5 Å². The minimum Gasteiger partial charge on any atom is -0.462 e. The third-order valence-electron chi connectivity index (χ3n) is 9.63. The van der Waals surface area contributed by atoms with E-state index >= 15 is 0 Å². The van der Waals surface area contributed by atoms with Gasteiger partial charge in [0.25, 0.3) is 0 Å². The van der Waals surface area contributed by atoms with Gasteiger partial charge in [-0.05, 0) is 80.5 Å². The lowest BCUT2D eigenvalue weighted by molar-refractivity contribution is -0.669. The number of hydrogen-bond acceptors (Lipinski definition) is 2. The SMILES string of the molecule is C[NH2+][C@H](C)[C@H]1CC[C@H]2[C@H]3CC=C4C[C@@H](OC(C)=O)CC[C@]4(C)[C@@H]3CC[C@]12C. The standard InChI is InChI=1S/C24H39NO2/c1-15(25-5)20-8-9-21-19-7-6-17-14-18(27-16(2)26)10-12-23(17,3)22(19)11-13-24(20,21)4/h6,15,18-22,25H,7-14H2,1-5H3/p+1/t15-,18+,19-,20-,21+,22-,23+,24-/m1/s1. The van der Waals surface area contributed by atoms with E-state index in [-0.39, 0.29) is 12.1 Å². The molecule has 2 N–H and O–H groups in total. The van der Waals surface area contributed by atoms with Crippen LogP contribution in [0.5, 0.6) is 0 Å². The molecule has 4 aliphatic carbocycles. The number of rotatable bonds is 3. The highest BCUT2D eigenvalue weighted by atomic mass is 16.5. The molecule has 0 aromatic carbocycles. The van der Waals surface area contributed by atoms with Crippen LogP contribution in [0.1, 0.15) is 79.1 Å². The molecule has 4 rings (SSSR count). The quantitative estimate of drug-likeness (QED) is 0.597. The second-order valence-electron chi connectivity index (χ2n) is 10.7. The van der Waals surface area contributed by atoms with E-state index in [1.54, 1.807) is 12.5 Å². The molecule has 27 heavy (non-hydrogen) atoms. The summed E-state index contributed by atoms with van der Waals surface area (Å²) in [6.45, 7) is 9.16.